The summed E-state index contributed by atoms with van der Waals surface area (Å²) in [6.45, 7) is 0.582. The maximum atomic E-state index is 13.8. The van der Waals surface area contributed by atoms with Crippen LogP contribution in [0.25, 0.3) is 22.3 Å². The van der Waals surface area contributed by atoms with E-state index in [-0.39, 0.29) is 25.4 Å². The first-order chi connectivity index (χ1) is 17.3. The summed E-state index contributed by atoms with van der Waals surface area (Å²) in [6.07, 6.45) is 5.23. The van der Waals surface area contributed by atoms with E-state index in [1.165, 1.54) is 0 Å². The van der Waals surface area contributed by atoms with Crippen molar-refractivity contribution in [1.82, 2.24) is 24.8 Å². The predicted octanol–water partition coefficient (Wildman–Crippen LogP) is 2.25. The second kappa shape index (κ2) is 8.25. The Morgan fingerprint density at radius 1 is 1.19 bits per heavy atom. The molecule has 184 valence electrons. The predicted molar refractivity (Wildman–Crippen MR) is 132 cm³/mol. The number of anilines is 3. The molecule has 10 nitrogen and oxygen atoms in total. The van der Waals surface area contributed by atoms with E-state index >= 15 is 0 Å². The molecule has 4 aromatic heterocycles. The highest BCUT2D eigenvalue weighted by Crippen LogP contribution is 2.36. The SMILES string of the molecule is Cn1ccc2c(-c3ncc(Nc4ccc(N5CC[C@](O)(F)[C@@H](O)C5)cn4)c4c3CNC4=O)ccnc21. The smallest absolute Gasteiger partial charge is 0.254 e. The number of hydrogen-bond acceptors (Lipinski definition) is 8. The third kappa shape index (κ3) is 3.64. The van der Waals surface area contributed by atoms with E-state index in [0.717, 1.165) is 27.9 Å². The molecule has 2 aliphatic heterocycles. The van der Waals surface area contributed by atoms with Crippen LogP contribution in [0, 0.1) is 0 Å². The number of pyridine rings is 3. The number of fused-ring (bicyclic) bond motifs is 2. The lowest BCUT2D eigenvalue weighted by atomic mass is 10.0. The number of aliphatic hydroxyl groups excluding tert-OH is 1. The Hall–Kier alpha value is -4.09. The molecule has 4 N–H and O–H groups in total. The second-order valence-corrected chi connectivity index (χ2v) is 9.14. The van der Waals surface area contributed by atoms with Gasteiger partial charge in [0.25, 0.3) is 5.91 Å². The van der Waals surface area contributed by atoms with Gasteiger partial charge in [-0.1, -0.05) is 0 Å². The van der Waals surface area contributed by atoms with Crippen molar-refractivity contribution >= 4 is 34.1 Å². The van der Waals surface area contributed by atoms with Crippen molar-refractivity contribution in [3.8, 4) is 11.3 Å². The van der Waals surface area contributed by atoms with Crippen LogP contribution in [0.2, 0.25) is 0 Å². The summed E-state index contributed by atoms with van der Waals surface area (Å²) in [6, 6.07) is 7.42. The number of aryl methyl sites for hydroxylation is 1. The topological polar surface area (TPSA) is 128 Å². The van der Waals surface area contributed by atoms with Gasteiger partial charge in [-0.25, -0.2) is 14.4 Å². The van der Waals surface area contributed by atoms with Gasteiger partial charge in [0.15, 0.2) is 0 Å². The van der Waals surface area contributed by atoms with Gasteiger partial charge in [0, 0.05) is 62.0 Å². The average Bonchev–Trinajstić information content (AvgIpc) is 3.45. The van der Waals surface area contributed by atoms with Gasteiger partial charge in [0.1, 0.15) is 17.6 Å². The zero-order chi connectivity index (χ0) is 25.0. The van der Waals surface area contributed by atoms with Crippen molar-refractivity contribution in [2.24, 2.45) is 7.05 Å². The Kier molecular flexibility index (Phi) is 5.13. The van der Waals surface area contributed by atoms with Crippen LogP contribution in [0.4, 0.5) is 21.6 Å². The molecule has 6 heterocycles. The van der Waals surface area contributed by atoms with E-state index in [1.54, 1.807) is 35.6 Å². The van der Waals surface area contributed by atoms with Gasteiger partial charge in [0.05, 0.1) is 35.0 Å². The van der Waals surface area contributed by atoms with E-state index in [2.05, 4.69) is 20.6 Å². The fraction of sp³-hybridized carbons (Fsp3) is 0.280. The van der Waals surface area contributed by atoms with Crippen molar-refractivity contribution in [1.29, 1.82) is 0 Å². The first kappa shape index (κ1) is 22.4. The van der Waals surface area contributed by atoms with Crippen LogP contribution in [0.1, 0.15) is 22.3 Å². The van der Waals surface area contributed by atoms with Crippen LogP contribution in [0.3, 0.4) is 0 Å². The Labute approximate surface area is 205 Å². The number of piperidine rings is 1. The number of alkyl halides is 1. The Morgan fingerprint density at radius 3 is 2.83 bits per heavy atom. The van der Waals surface area contributed by atoms with Gasteiger partial charge >= 0.3 is 0 Å². The maximum absolute atomic E-state index is 13.8. The van der Waals surface area contributed by atoms with Crippen molar-refractivity contribution < 1.29 is 19.4 Å². The van der Waals surface area contributed by atoms with Gasteiger partial charge in [-0.2, -0.15) is 0 Å². The summed E-state index contributed by atoms with van der Waals surface area (Å²) in [7, 11) is 1.93. The van der Waals surface area contributed by atoms with Crippen molar-refractivity contribution in [2.45, 2.75) is 24.9 Å². The van der Waals surface area contributed by atoms with Crippen LogP contribution in [0.5, 0.6) is 0 Å². The van der Waals surface area contributed by atoms with Crippen molar-refractivity contribution in [3.05, 3.63) is 60.2 Å². The number of aromatic nitrogens is 4. The highest BCUT2D eigenvalue weighted by Gasteiger charge is 2.41. The molecule has 6 rings (SSSR count). The zero-order valence-electron chi connectivity index (χ0n) is 19.4. The van der Waals surface area contributed by atoms with Gasteiger partial charge in [-0.3, -0.25) is 9.78 Å². The molecule has 11 heteroatoms. The number of nitrogens with zero attached hydrogens (tertiary/aromatic N) is 5. The van der Waals surface area contributed by atoms with E-state index in [1.807, 2.05) is 29.9 Å². The molecule has 0 aliphatic carbocycles. The Bertz CT molecular complexity index is 1490. The molecule has 1 saturated heterocycles. The standard InChI is InChI=1S/C25H24FN7O3/c1-32-8-5-16-15(4-7-27-23(16)32)22-17-11-30-24(35)21(17)18(12-29-22)31-20-3-2-14(10-28-20)33-9-6-25(26,36)19(34)13-33/h2-5,7-8,10,12,19,34,36H,6,9,11,13H2,1H3,(H,28,31)(H,30,35)/t19-,25+/m0/s1. The zero-order valence-corrected chi connectivity index (χ0v) is 19.4. The van der Waals surface area contributed by atoms with E-state index in [9.17, 15) is 19.4 Å². The van der Waals surface area contributed by atoms with Crippen LogP contribution in [-0.4, -0.2) is 60.7 Å². The number of carbonyl (C=O) groups excluding carboxylic acids is 1. The minimum atomic E-state index is -2.58. The maximum Gasteiger partial charge on any atom is 0.254 e. The van der Waals surface area contributed by atoms with Crippen LogP contribution in [-0.2, 0) is 13.6 Å². The van der Waals surface area contributed by atoms with Crippen molar-refractivity contribution in [2.75, 3.05) is 23.3 Å². The second-order valence-electron chi connectivity index (χ2n) is 9.14. The molecule has 0 spiro atoms. The number of nitrogens with one attached hydrogen (secondary N) is 2. The molecule has 0 unspecified atom stereocenters. The lowest BCUT2D eigenvalue weighted by Gasteiger charge is -2.38. The van der Waals surface area contributed by atoms with Crippen LogP contribution < -0.4 is 15.5 Å². The molecular weight excluding hydrogens is 465 g/mol. The fourth-order valence-electron chi connectivity index (χ4n) is 4.86. The molecule has 2 atom stereocenters. The quantitative estimate of drug-likeness (QED) is 0.344. The summed E-state index contributed by atoms with van der Waals surface area (Å²) in [5, 5.41) is 26.4. The number of β-amino-alcohol motifs (C(OH)–C–C–N with tert-alkyl or cyclic N) is 1. The van der Waals surface area contributed by atoms with Crippen molar-refractivity contribution in [3.63, 3.8) is 0 Å². The van der Waals surface area contributed by atoms with Gasteiger partial charge in [0.2, 0.25) is 5.85 Å². The summed E-state index contributed by atoms with van der Waals surface area (Å²) in [4.78, 5) is 28.1. The molecule has 1 amide bonds. The number of halogens is 1. The number of carbonyl (C=O) groups is 1. The molecule has 36 heavy (non-hydrogen) atoms. The lowest BCUT2D eigenvalue weighted by Crippen LogP contribution is -2.53. The number of rotatable bonds is 4. The first-order valence-corrected chi connectivity index (χ1v) is 11.6. The molecule has 0 bridgehead atoms. The highest BCUT2D eigenvalue weighted by molar-refractivity contribution is 6.06. The Morgan fingerprint density at radius 2 is 2.06 bits per heavy atom. The van der Waals surface area contributed by atoms with Crippen LogP contribution in [0.15, 0.2) is 49.1 Å². The molecule has 0 radical (unpaired) electrons. The monoisotopic (exact) mass is 489 g/mol. The molecule has 0 saturated carbocycles. The van der Waals surface area contributed by atoms with Gasteiger partial charge in [-0.15, -0.1) is 0 Å². The number of aliphatic hydroxyl groups is 2. The summed E-state index contributed by atoms with van der Waals surface area (Å²) >= 11 is 0. The minimum absolute atomic E-state index is 0.0375. The molecule has 2 aliphatic rings. The average molecular weight is 490 g/mol. The molecular formula is C25H24FN7O3. The number of amides is 1. The van der Waals surface area contributed by atoms with E-state index in [4.69, 9.17) is 4.98 Å². The van der Waals surface area contributed by atoms with Gasteiger partial charge in [-0.05, 0) is 24.3 Å². The number of hydrogen-bond donors (Lipinski definition) is 4. The van der Waals surface area contributed by atoms with Crippen LogP contribution >= 0.6 is 0 Å². The normalized spacial score (nSPS) is 21.5. The summed E-state index contributed by atoms with van der Waals surface area (Å²) in [5.74, 6) is -2.26. The molecule has 1 fully saturated rings. The molecule has 0 aromatic carbocycles. The first-order valence-electron chi connectivity index (χ1n) is 11.6. The summed E-state index contributed by atoms with van der Waals surface area (Å²) < 4.78 is 15.8. The minimum Gasteiger partial charge on any atom is -0.385 e. The van der Waals surface area contributed by atoms with E-state index < -0.39 is 12.0 Å². The third-order valence-corrected chi connectivity index (χ3v) is 6.87. The largest absolute Gasteiger partial charge is 0.385 e. The third-order valence-electron chi connectivity index (χ3n) is 6.87. The Balaban J connectivity index is 1.29. The van der Waals surface area contributed by atoms with Gasteiger partial charge < -0.3 is 30.3 Å². The molecule has 4 aromatic rings. The highest BCUT2D eigenvalue weighted by atomic mass is 19.2. The fourth-order valence-corrected chi connectivity index (χ4v) is 4.86. The van der Waals surface area contributed by atoms with E-state index in [0.29, 0.717) is 29.3 Å². The summed E-state index contributed by atoms with van der Waals surface area (Å²) in [5.41, 5.74) is 5.03. The lowest BCUT2D eigenvalue weighted by molar-refractivity contribution is -0.177.